The number of halogens is 2. The Balaban J connectivity index is 0. The highest BCUT2D eigenvalue weighted by Gasteiger charge is 2.22. The Bertz CT molecular complexity index is 196. The van der Waals surface area contributed by atoms with Crippen LogP contribution in [0.1, 0.15) is 19.3 Å². The molecule has 1 amide bonds. The molecule has 0 bridgehead atoms. The fourth-order valence-corrected chi connectivity index (χ4v) is 1.73. The van der Waals surface area contributed by atoms with Gasteiger partial charge in [0.15, 0.2) is 0 Å². The van der Waals surface area contributed by atoms with Gasteiger partial charge in [-0.3, -0.25) is 0 Å². The van der Waals surface area contributed by atoms with Crippen LogP contribution in [-0.2, 0) is 0 Å². The van der Waals surface area contributed by atoms with Crippen molar-refractivity contribution in [2.75, 3.05) is 26.2 Å². The lowest BCUT2D eigenvalue weighted by Gasteiger charge is -2.31. The van der Waals surface area contributed by atoms with Gasteiger partial charge in [0.2, 0.25) is 0 Å². The first kappa shape index (κ1) is 18.1. The molecule has 4 N–H and O–H groups in total. The van der Waals surface area contributed by atoms with Gasteiger partial charge in [0.1, 0.15) is 0 Å². The minimum Gasteiger partial charge on any atom is -0.465 e. The minimum absolute atomic E-state index is 0. The Kier molecular flexibility index (Phi) is 11.3. The molecule has 1 saturated heterocycles. The van der Waals surface area contributed by atoms with Crippen molar-refractivity contribution in [3.8, 4) is 0 Å². The second kappa shape index (κ2) is 9.96. The van der Waals surface area contributed by atoms with Gasteiger partial charge in [-0.15, -0.1) is 24.8 Å². The number of carboxylic acid groups (broad SMARTS) is 1. The van der Waals surface area contributed by atoms with E-state index in [-0.39, 0.29) is 24.8 Å². The molecule has 5 nitrogen and oxygen atoms in total. The fraction of sp³-hybridized carbons (Fsp3) is 0.889. The third kappa shape index (κ3) is 6.37. The number of amides is 1. The zero-order valence-corrected chi connectivity index (χ0v) is 10.9. The monoisotopic (exact) mass is 273 g/mol. The van der Waals surface area contributed by atoms with Crippen molar-refractivity contribution in [3.63, 3.8) is 0 Å². The molecule has 7 heteroatoms. The number of nitrogens with zero attached hydrogens (tertiary/aromatic N) is 1. The van der Waals surface area contributed by atoms with E-state index in [4.69, 9.17) is 10.8 Å². The molecule has 0 aromatic heterocycles. The fourth-order valence-electron chi connectivity index (χ4n) is 1.73. The van der Waals surface area contributed by atoms with Gasteiger partial charge in [-0.1, -0.05) is 0 Å². The molecule has 98 valence electrons. The summed E-state index contributed by atoms with van der Waals surface area (Å²) in [7, 11) is 0. The van der Waals surface area contributed by atoms with Gasteiger partial charge in [0.05, 0.1) is 0 Å². The van der Waals surface area contributed by atoms with Crippen LogP contribution in [0.15, 0.2) is 0 Å². The largest absolute Gasteiger partial charge is 0.465 e. The quantitative estimate of drug-likeness (QED) is 0.666. The summed E-state index contributed by atoms with van der Waals surface area (Å²) in [4.78, 5) is 12.2. The highest BCUT2D eigenvalue weighted by atomic mass is 35.5. The number of hydrogen-bond acceptors (Lipinski definition) is 3. The second-order valence-electron chi connectivity index (χ2n) is 3.66. The number of nitrogens with one attached hydrogen (secondary N) is 1. The minimum atomic E-state index is -0.810. The lowest BCUT2D eigenvalue weighted by Crippen LogP contribution is -2.47. The van der Waals surface area contributed by atoms with Crippen LogP contribution in [0.5, 0.6) is 0 Å². The zero-order valence-electron chi connectivity index (χ0n) is 9.22. The molecule has 1 unspecified atom stereocenters. The van der Waals surface area contributed by atoms with Crippen molar-refractivity contribution in [3.05, 3.63) is 0 Å². The van der Waals surface area contributed by atoms with E-state index in [0.29, 0.717) is 25.7 Å². The van der Waals surface area contributed by atoms with Crippen molar-refractivity contribution in [1.82, 2.24) is 10.2 Å². The Morgan fingerprint density at radius 3 is 2.75 bits per heavy atom. The first-order valence-corrected chi connectivity index (χ1v) is 5.15. The van der Waals surface area contributed by atoms with E-state index in [0.717, 1.165) is 25.8 Å². The summed E-state index contributed by atoms with van der Waals surface area (Å²) in [5.74, 6) is 0. The van der Waals surface area contributed by atoms with Crippen LogP contribution in [0.25, 0.3) is 0 Å². The van der Waals surface area contributed by atoms with Gasteiger partial charge in [-0.05, 0) is 32.4 Å². The molecule has 1 aliphatic heterocycles. The normalized spacial score (nSPS) is 19.6. The predicted octanol–water partition coefficient (Wildman–Crippen LogP) is 0.911. The maximum Gasteiger partial charge on any atom is 0.407 e. The molecule has 1 fully saturated rings. The molecular formula is C9H21Cl2N3O2. The molecule has 0 saturated carbocycles. The van der Waals surface area contributed by atoms with Gasteiger partial charge < -0.3 is 21.1 Å². The molecule has 16 heavy (non-hydrogen) atoms. The van der Waals surface area contributed by atoms with Gasteiger partial charge in [0.25, 0.3) is 0 Å². The lowest BCUT2D eigenvalue weighted by molar-refractivity contribution is 0.126. The Hall–Kier alpha value is -0.230. The topological polar surface area (TPSA) is 78.6 Å². The van der Waals surface area contributed by atoms with Crippen LogP contribution >= 0.6 is 24.8 Å². The number of likely N-dealkylation sites (tertiary alicyclic amines) is 1. The van der Waals surface area contributed by atoms with Crippen LogP contribution in [-0.4, -0.2) is 48.3 Å². The number of carbonyl (C=O) groups is 1. The van der Waals surface area contributed by atoms with Crippen LogP contribution in [0.3, 0.4) is 0 Å². The maximum absolute atomic E-state index is 10.7. The molecule has 1 atom stereocenters. The molecule has 0 radical (unpaired) electrons. The Labute approximate surface area is 109 Å². The van der Waals surface area contributed by atoms with Crippen molar-refractivity contribution in [1.29, 1.82) is 0 Å². The van der Waals surface area contributed by atoms with E-state index in [1.165, 1.54) is 4.90 Å². The Morgan fingerprint density at radius 1 is 1.50 bits per heavy atom. The summed E-state index contributed by atoms with van der Waals surface area (Å²) in [6.45, 7) is 2.85. The molecule has 0 aromatic rings. The average molecular weight is 274 g/mol. The molecule has 1 heterocycles. The maximum atomic E-state index is 10.7. The van der Waals surface area contributed by atoms with Crippen molar-refractivity contribution in [2.45, 2.75) is 25.3 Å². The van der Waals surface area contributed by atoms with E-state index in [2.05, 4.69) is 5.32 Å². The summed E-state index contributed by atoms with van der Waals surface area (Å²) >= 11 is 0. The number of piperidine rings is 1. The van der Waals surface area contributed by atoms with Crippen LogP contribution in [0, 0.1) is 0 Å². The summed E-state index contributed by atoms with van der Waals surface area (Å²) in [6, 6.07) is 0.311. The SMILES string of the molecule is Cl.Cl.NCCCNC1CCCN(C(=O)O)C1. The van der Waals surface area contributed by atoms with Gasteiger partial charge in [0, 0.05) is 19.1 Å². The number of hydrogen-bond donors (Lipinski definition) is 3. The smallest absolute Gasteiger partial charge is 0.407 e. The van der Waals surface area contributed by atoms with Gasteiger partial charge in [-0.2, -0.15) is 0 Å². The van der Waals surface area contributed by atoms with Crippen LogP contribution in [0.4, 0.5) is 4.79 Å². The van der Waals surface area contributed by atoms with Crippen molar-refractivity contribution in [2.24, 2.45) is 5.73 Å². The van der Waals surface area contributed by atoms with E-state index in [1.54, 1.807) is 0 Å². The zero-order chi connectivity index (χ0) is 10.4. The first-order valence-electron chi connectivity index (χ1n) is 5.15. The van der Waals surface area contributed by atoms with Crippen molar-refractivity contribution < 1.29 is 9.90 Å². The third-order valence-electron chi connectivity index (χ3n) is 2.51. The van der Waals surface area contributed by atoms with E-state index >= 15 is 0 Å². The highest BCUT2D eigenvalue weighted by Crippen LogP contribution is 2.09. The molecular weight excluding hydrogens is 253 g/mol. The summed E-state index contributed by atoms with van der Waals surface area (Å²) < 4.78 is 0. The standard InChI is InChI=1S/C9H19N3O2.2ClH/c10-4-2-5-11-8-3-1-6-12(7-8)9(13)14;;/h8,11H,1-7,10H2,(H,13,14);2*1H. The molecule has 0 aliphatic carbocycles. The van der Waals surface area contributed by atoms with Crippen LogP contribution < -0.4 is 11.1 Å². The molecule has 1 rings (SSSR count). The van der Waals surface area contributed by atoms with Crippen LogP contribution in [0.2, 0.25) is 0 Å². The van der Waals surface area contributed by atoms with E-state index in [9.17, 15) is 4.79 Å². The first-order chi connectivity index (χ1) is 6.74. The molecule has 1 aliphatic rings. The number of rotatable bonds is 4. The highest BCUT2D eigenvalue weighted by molar-refractivity contribution is 5.85. The molecule has 0 spiro atoms. The van der Waals surface area contributed by atoms with E-state index < -0.39 is 6.09 Å². The second-order valence-corrected chi connectivity index (χ2v) is 3.66. The van der Waals surface area contributed by atoms with Gasteiger partial charge in [-0.25, -0.2) is 4.79 Å². The average Bonchev–Trinajstić information content (AvgIpc) is 2.19. The van der Waals surface area contributed by atoms with E-state index in [1.807, 2.05) is 0 Å². The predicted molar refractivity (Wildman–Crippen MR) is 68.8 cm³/mol. The van der Waals surface area contributed by atoms with Gasteiger partial charge >= 0.3 is 6.09 Å². The summed E-state index contributed by atoms with van der Waals surface area (Å²) in [5, 5.41) is 12.1. The third-order valence-corrected chi connectivity index (χ3v) is 2.51. The number of nitrogens with two attached hydrogens (primary N) is 1. The summed E-state index contributed by atoms with van der Waals surface area (Å²) in [6.07, 6.45) is 2.15. The molecule has 0 aromatic carbocycles. The summed E-state index contributed by atoms with van der Waals surface area (Å²) in [5.41, 5.74) is 5.38. The lowest BCUT2D eigenvalue weighted by atomic mass is 10.1. The Morgan fingerprint density at radius 2 is 2.19 bits per heavy atom. The van der Waals surface area contributed by atoms with Crippen molar-refractivity contribution >= 4 is 30.9 Å².